The molecular weight excluding hydrogens is 341 g/mol. The van der Waals surface area contributed by atoms with Gasteiger partial charge < -0.3 is 0 Å². The standard InChI is InChI=1S/C13H12FN5O2S2/c1-8-4-3-5-10(14)11(8)23(20,21)18-13-16-12(17-22-13)9-6-15-19(2)7-9/h3-7H,1-2H3,(H,16,17,18). The number of halogens is 1. The topological polar surface area (TPSA) is 89.8 Å². The predicted molar refractivity (Wildman–Crippen MR) is 84.1 cm³/mol. The second-order valence-electron chi connectivity index (χ2n) is 4.82. The molecule has 23 heavy (non-hydrogen) atoms. The third-order valence-corrected chi connectivity index (χ3v) is 5.32. The highest BCUT2D eigenvalue weighted by Crippen LogP contribution is 2.25. The SMILES string of the molecule is Cc1cccc(F)c1S(=O)(=O)Nc1nc(-c2cnn(C)c2)ns1. The van der Waals surface area contributed by atoms with Crippen molar-refractivity contribution in [2.24, 2.45) is 7.05 Å². The molecule has 0 atom stereocenters. The maximum atomic E-state index is 13.9. The molecule has 0 aliphatic rings. The first-order chi connectivity index (χ1) is 10.9. The summed E-state index contributed by atoms with van der Waals surface area (Å²) in [5, 5.41) is 4.06. The number of aryl methyl sites for hydroxylation is 2. The number of sulfonamides is 1. The molecule has 0 saturated heterocycles. The Morgan fingerprint density at radius 1 is 1.35 bits per heavy atom. The zero-order valence-electron chi connectivity index (χ0n) is 12.2. The van der Waals surface area contributed by atoms with Crippen molar-refractivity contribution in [3.63, 3.8) is 0 Å². The van der Waals surface area contributed by atoms with Crippen LogP contribution in [0.4, 0.5) is 9.52 Å². The van der Waals surface area contributed by atoms with E-state index in [0.29, 0.717) is 17.0 Å². The predicted octanol–water partition coefficient (Wildman–Crippen LogP) is 2.19. The van der Waals surface area contributed by atoms with Gasteiger partial charge in [0.1, 0.15) is 10.7 Å². The summed E-state index contributed by atoms with van der Waals surface area (Å²) in [4.78, 5) is 3.71. The van der Waals surface area contributed by atoms with E-state index in [9.17, 15) is 12.8 Å². The molecule has 3 rings (SSSR count). The molecular formula is C13H12FN5O2S2. The van der Waals surface area contributed by atoms with Crippen LogP contribution in [-0.4, -0.2) is 27.6 Å². The van der Waals surface area contributed by atoms with Crippen molar-refractivity contribution >= 4 is 26.7 Å². The fourth-order valence-corrected chi connectivity index (χ4v) is 4.16. The van der Waals surface area contributed by atoms with Crippen LogP contribution in [0.2, 0.25) is 0 Å². The van der Waals surface area contributed by atoms with E-state index >= 15 is 0 Å². The van der Waals surface area contributed by atoms with Gasteiger partial charge in [0, 0.05) is 24.8 Å². The molecule has 0 bridgehead atoms. The summed E-state index contributed by atoms with van der Waals surface area (Å²) in [6, 6.07) is 4.08. The molecule has 7 nitrogen and oxygen atoms in total. The highest BCUT2D eigenvalue weighted by Gasteiger charge is 2.23. The monoisotopic (exact) mass is 353 g/mol. The van der Waals surface area contributed by atoms with Gasteiger partial charge in [0.25, 0.3) is 10.0 Å². The Kier molecular flexibility index (Phi) is 3.86. The van der Waals surface area contributed by atoms with Crippen molar-refractivity contribution in [3.05, 3.63) is 42.0 Å². The number of rotatable bonds is 4. The van der Waals surface area contributed by atoms with Gasteiger partial charge in [-0.25, -0.2) is 12.8 Å². The van der Waals surface area contributed by atoms with Crippen LogP contribution in [0.25, 0.3) is 11.4 Å². The number of nitrogens with zero attached hydrogens (tertiary/aromatic N) is 4. The minimum Gasteiger partial charge on any atom is -0.275 e. The molecule has 0 unspecified atom stereocenters. The van der Waals surface area contributed by atoms with Gasteiger partial charge in [0.15, 0.2) is 5.82 Å². The lowest BCUT2D eigenvalue weighted by atomic mass is 10.2. The first-order valence-electron chi connectivity index (χ1n) is 6.47. The number of hydrogen-bond donors (Lipinski definition) is 1. The first kappa shape index (κ1) is 15.6. The molecule has 0 amide bonds. The summed E-state index contributed by atoms with van der Waals surface area (Å²) in [5.41, 5.74) is 0.978. The van der Waals surface area contributed by atoms with Crippen molar-refractivity contribution in [2.75, 3.05) is 4.72 Å². The van der Waals surface area contributed by atoms with Gasteiger partial charge in [-0.05, 0) is 18.6 Å². The average molecular weight is 353 g/mol. The van der Waals surface area contributed by atoms with Gasteiger partial charge in [-0.15, -0.1) is 0 Å². The molecule has 120 valence electrons. The van der Waals surface area contributed by atoms with Gasteiger partial charge in [0.2, 0.25) is 5.13 Å². The Bertz CT molecular complexity index is 944. The summed E-state index contributed by atoms with van der Waals surface area (Å²) in [5.74, 6) is -0.458. The lowest BCUT2D eigenvalue weighted by molar-refractivity contribution is 0.568. The van der Waals surface area contributed by atoms with E-state index in [4.69, 9.17) is 0 Å². The summed E-state index contributed by atoms with van der Waals surface area (Å²) in [7, 11) is -2.33. The quantitative estimate of drug-likeness (QED) is 0.776. The Morgan fingerprint density at radius 2 is 2.13 bits per heavy atom. The number of anilines is 1. The molecule has 0 aliphatic carbocycles. The van der Waals surface area contributed by atoms with Crippen LogP contribution in [0.5, 0.6) is 0 Å². The molecule has 0 spiro atoms. The summed E-state index contributed by atoms with van der Waals surface area (Å²) in [6.45, 7) is 1.53. The second-order valence-corrected chi connectivity index (χ2v) is 7.19. The molecule has 0 fully saturated rings. The third kappa shape index (κ3) is 3.08. The zero-order chi connectivity index (χ0) is 16.6. The van der Waals surface area contributed by atoms with Gasteiger partial charge in [0.05, 0.1) is 11.8 Å². The summed E-state index contributed by atoms with van der Waals surface area (Å²) < 4.78 is 46.5. The van der Waals surface area contributed by atoms with Crippen molar-refractivity contribution in [1.82, 2.24) is 19.1 Å². The van der Waals surface area contributed by atoms with E-state index in [1.54, 1.807) is 24.1 Å². The molecule has 10 heteroatoms. The Hall–Kier alpha value is -2.33. The normalized spacial score (nSPS) is 11.6. The van der Waals surface area contributed by atoms with Crippen LogP contribution >= 0.6 is 11.5 Å². The van der Waals surface area contributed by atoms with Crippen LogP contribution in [0, 0.1) is 12.7 Å². The smallest absolute Gasteiger partial charge is 0.266 e. The highest BCUT2D eigenvalue weighted by atomic mass is 32.2. The maximum Gasteiger partial charge on any atom is 0.266 e. The first-order valence-corrected chi connectivity index (χ1v) is 8.73. The third-order valence-electron chi connectivity index (χ3n) is 3.04. The molecule has 2 aromatic heterocycles. The van der Waals surface area contributed by atoms with Crippen LogP contribution in [0.15, 0.2) is 35.5 Å². The Morgan fingerprint density at radius 3 is 2.78 bits per heavy atom. The van der Waals surface area contributed by atoms with Crippen LogP contribution in [0.3, 0.4) is 0 Å². The van der Waals surface area contributed by atoms with Crippen LogP contribution in [0.1, 0.15) is 5.56 Å². The number of hydrogen-bond acceptors (Lipinski definition) is 6. The molecule has 3 aromatic rings. The van der Waals surface area contributed by atoms with Gasteiger partial charge in [-0.1, -0.05) is 12.1 Å². The molecule has 0 aliphatic heterocycles. The van der Waals surface area contributed by atoms with Gasteiger partial charge in [-0.2, -0.15) is 14.5 Å². The van der Waals surface area contributed by atoms with Gasteiger partial charge >= 0.3 is 0 Å². The van der Waals surface area contributed by atoms with E-state index in [1.807, 2.05) is 0 Å². The lowest BCUT2D eigenvalue weighted by Gasteiger charge is -2.08. The van der Waals surface area contributed by atoms with E-state index in [-0.39, 0.29) is 5.13 Å². The summed E-state index contributed by atoms with van der Waals surface area (Å²) in [6.07, 6.45) is 3.28. The number of aromatic nitrogens is 4. The molecule has 0 radical (unpaired) electrons. The van der Waals surface area contributed by atoms with Crippen molar-refractivity contribution in [2.45, 2.75) is 11.8 Å². The zero-order valence-corrected chi connectivity index (χ0v) is 13.8. The minimum atomic E-state index is -4.08. The van der Waals surface area contributed by atoms with E-state index in [1.165, 1.54) is 19.1 Å². The van der Waals surface area contributed by atoms with Crippen molar-refractivity contribution in [3.8, 4) is 11.4 Å². The lowest BCUT2D eigenvalue weighted by Crippen LogP contribution is -2.15. The highest BCUT2D eigenvalue weighted by molar-refractivity contribution is 7.93. The molecule has 0 saturated carbocycles. The van der Waals surface area contributed by atoms with E-state index < -0.39 is 20.7 Å². The van der Waals surface area contributed by atoms with E-state index in [2.05, 4.69) is 19.2 Å². The molecule has 1 aromatic carbocycles. The van der Waals surface area contributed by atoms with Crippen molar-refractivity contribution in [1.29, 1.82) is 0 Å². The van der Waals surface area contributed by atoms with E-state index in [0.717, 1.165) is 17.6 Å². The Balaban J connectivity index is 1.91. The van der Waals surface area contributed by atoms with Gasteiger partial charge in [-0.3, -0.25) is 9.40 Å². The molecule has 2 heterocycles. The summed E-state index contributed by atoms with van der Waals surface area (Å²) >= 11 is 0.876. The maximum absolute atomic E-state index is 13.9. The fraction of sp³-hybridized carbons (Fsp3) is 0.154. The number of benzene rings is 1. The van der Waals surface area contributed by atoms with Crippen LogP contribution < -0.4 is 4.72 Å². The Labute approximate surface area is 136 Å². The minimum absolute atomic E-state index is 0.0616. The second kappa shape index (κ2) is 5.70. The van der Waals surface area contributed by atoms with Crippen LogP contribution in [-0.2, 0) is 17.1 Å². The number of nitrogens with one attached hydrogen (secondary N) is 1. The fourth-order valence-electron chi connectivity index (χ4n) is 2.04. The molecule has 1 N–H and O–H groups in total. The largest absolute Gasteiger partial charge is 0.275 e. The average Bonchev–Trinajstić information content (AvgIpc) is 3.06. The van der Waals surface area contributed by atoms with Crippen molar-refractivity contribution < 1.29 is 12.8 Å².